The van der Waals surface area contributed by atoms with E-state index in [0.29, 0.717) is 18.7 Å². The first kappa shape index (κ1) is 21.2. The zero-order valence-corrected chi connectivity index (χ0v) is 18.1. The van der Waals surface area contributed by atoms with Gasteiger partial charge in [0.1, 0.15) is 5.60 Å². The van der Waals surface area contributed by atoms with E-state index in [2.05, 4.69) is 15.9 Å². The largest absolute Gasteiger partial charge is 0.444 e. The highest BCUT2D eigenvalue weighted by Gasteiger charge is 2.25. The zero-order valence-electron chi connectivity index (χ0n) is 16.6. The third kappa shape index (κ3) is 5.22. The van der Waals surface area contributed by atoms with Crippen LogP contribution in [0.3, 0.4) is 0 Å². The third-order valence-electron chi connectivity index (χ3n) is 4.42. The molecule has 1 aromatic rings. The van der Waals surface area contributed by atoms with Gasteiger partial charge in [0.15, 0.2) is 0 Å². The van der Waals surface area contributed by atoms with E-state index in [0.717, 1.165) is 33.2 Å². The fraction of sp³-hybridized carbons (Fsp3) is 0.429. The summed E-state index contributed by atoms with van der Waals surface area (Å²) < 4.78 is 6.25. The topological polar surface area (TPSA) is 72.6 Å². The second-order valence-corrected chi connectivity index (χ2v) is 8.51. The number of benzene rings is 1. The number of rotatable bonds is 3. The molecule has 0 aliphatic carbocycles. The molecule has 5 nitrogen and oxygen atoms in total. The molecule has 0 aromatic heterocycles. The molecule has 0 bridgehead atoms. The Morgan fingerprint density at radius 1 is 1.26 bits per heavy atom. The maximum Gasteiger partial charge on any atom is 0.410 e. The van der Waals surface area contributed by atoms with Crippen LogP contribution in [-0.4, -0.2) is 35.6 Å². The van der Waals surface area contributed by atoms with Gasteiger partial charge in [-0.3, -0.25) is 4.79 Å². The molecule has 0 unspecified atom stereocenters. The van der Waals surface area contributed by atoms with Crippen LogP contribution in [0.15, 0.2) is 34.3 Å². The summed E-state index contributed by atoms with van der Waals surface area (Å²) in [6.07, 6.45) is 4.51. The average molecular weight is 435 g/mol. The average Bonchev–Trinajstić information content (AvgIpc) is 2.57. The minimum Gasteiger partial charge on any atom is -0.444 e. The molecule has 1 heterocycles. The van der Waals surface area contributed by atoms with Crippen LogP contribution >= 0.6 is 15.9 Å². The molecule has 0 radical (unpaired) electrons. The number of ether oxygens (including phenoxy) is 1. The Hall–Kier alpha value is -2.08. The van der Waals surface area contributed by atoms with Crippen LogP contribution in [0, 0.1) is 6.92 Å². The Balaban J connectivity index is 2.28. The van der Waals surface area contributed by atoms with E-state index in [9.17, 15) is 9.59 Å². The van der Waals surface area contributed by atoms with Crippen molar-refractivity contribution in [1.29, 1.82) is 0 Å². The van der Waals surface area contributed by atoms with Crippen LogP contribution in [0.2, 0.25) is 0 Å². The molecular formula is C21H27BrN2O3. The SMILES string of the molecule is C/C=C(/C1=CCN(C(=O)OC(C)(C)C)CC1)c1cc(Br)cc(C(N)=O)c1C. The molecule has 2 N–H and O–H groups in total. The van der Waals surface area contributed by atoms with Gasteiger partial charge in [-0.05, 0) is 75.4 Å². The molecule has 0 atom stereocenters. The Morgan fingerprint density at radius 3 is 2.37 bits per heavy atom. The number of hydrogen-bond donors (Lipinski definition) is 1. The van der Waals surface area contributed by atoms with Crippen LogP contribution in [-0.2, 0) is 4.74 Å². The molecule has 0 spiro atoms. The van der Waals surface area contributed by atoms with Gasteiger partial charge in [0, 0.05) is 23.1 Å². The lowest BCUT2D eigenvalue weighted by Crippen LogP contribution is -2.39. The maximum absolute atomic E-state index is 12.3. The van der Waals surface area contributed by atoms with E-state index in [1.54, 1.807) is 11.0 Å². The van der Waals surface area contributed by atoms with Gasteiger partial charge in [0.25, 0.3) is 0 Å². The number of nitrogens with two attached hydrogens (primary N) is 1. The Kier molecular flexibility index (Phi) is 6.52. The predicted molar refractivity (Wildman–Crippen MR) is 112 cm³/mol. The highest BCUT2D eigenvalue weighted by Crippen LogP contribution is 2.33. The van der Waals surface area contributed by atoms with Crippen LogP contribution < -0.4 is 5.73 Å². The van der Waals surface area contributed by atoms with Crippen molar-refractivity contribution in [3.8, 4) is 0 Å². The van der Waals surface area contributed by atoms with Crippen LogP contribution in [0.1, 0.15) is 55.6 Å². The summed E-state index contributed by atoms with van der Waals surface area (Å²) in [5, 5.41) is 0. The highest BCUT2D eigenvalue weighted by molar-refractivity contribution is 9.10. The summed E-state index contributed by atoms with van der Waals surface area (Å²) in [6.45, 7) is 10.6. The van der Waals surface area contributed by atoms with Crippen molar-refractivity contribution in [2.75, 3.05) is 13.1 Å². The minimum absolute atomic E-state index is 0.297. The summed E-state index contributed by atoms with van der Waals surface area (Å²) in [6, 6.07) is 3.74. The van der Waals surface area contributed by atoms with Crippen molar-refractivity contribution in [3.05, 3.63) is 51.0 Å². The highest BCUT2D eigenvalue weighted by atomic mass is 79.9. The number of amides is 2. The number of carbonyl (C=O) groups is 2. The summed E-state index contributed by atoms with van der Waals surface area (Å²) in [7, 11) is 0. The molecule has 1 aliphatic heterocycles. The molecular weight excluding hydrogens is 408 g/mol. The van der Waals surface area contributed by atoms with Gasteiger partial charge in [-0.15, -0.1) is 0 Å². The van der Waals surface area contributed by atoms with E-state index in [4.69, 9.17) is 10.5 Å². The van der Waals surface area contributed by atoms with Gasteiger partial charge in [-0.25, -0.2) is 4.79 Å². The standard InChI is InChI=1S/C21H27BrN2O3/c1-6-16(17-11-15(22)12-18(13(17)2)19(23)25)14-7-9-24(10-8-14)20(26)27-21(3,4)5/h6-7,11-12H,8-10H2,1-5H3,(H2,23,25)/b16-6-. The Morgan fingerprint density at radius 2 is 1.89 bits per heavy atom. The molecule has 0 saturated heterocycles. The molecule has 2 rings (SSSR count). The molecule has 0 saturated carbocycles. The third-order valence-corrected chi connectivity index (χ3v) is 4.88. The first-order valence-corrected chi connectivity index (χ1v) is 9.76. The van der Waals surface area contributed by atoms with Gasteiger partial charge in [-0.1, -0.05) is 28.1 Å². The Bertz CT molecular complexity index is 819. The quantitative estimate of drug-likeness (QED) is 0.740. The lowest BCUT2D eigenvalue weighted by molar-refractivity contribution is 0.0267. The number of allylic oxidation sites excluding steroid dienone is 2. The van der Waals surface area contributed by atoms with E-state index < -0.39 is 11.5 Å². The van der Waals surface area contributed by atoms with Gasteiger partial charge in [-0.2, -0.15) is 0 Å². The molecule has 1 aromatic carbocycles. The zero-order chi connectivity index (χ0) is 20.4. The van der Waals surface area contributed by atoms with Crippen LogP contribution in [0.5, 0.6) is 0 Å². The summed E-state index contributed by atoms with van der Waals surface area (Å²) in [4.78, 5) is 25.7. The van der Waals surface area contributed by atoms with Crippen molar-refractivity contribution in [3.63, 3.8) is 0 Å². The number of hydrogen-bond acceptors (Lipinski definition) is 3. The maximum atomic E-state index is 12.3. The minimum atomic E-state index is -0.506. The van der Waals surface area contributed by atoms with Crippen LogP contribution in [0.25, 0.3) is 5.57 Å². The summed E-state index contributed by atoms with van der Waals surface area (Å²) >= 11 is 3.47. The molecule has 2 amide bonds. The van der Waals surface area contributed by atoms with E-state index in [1.807, 2.05) is 52.8 Å². The van der Waals surface area contributed by atoms with E-state index in [1.165, 1.54) is 0 Å². The van der Waals surface area contributed by atoms with Crippen LogP contribution in [0.4, 0.5) is 4.79 Å². The van der Waals surface area contributed by atoms with Crippen molar-refractivity contribution in [1.82, 2.24) is 4.90 Å². The van der Waals surface area contributed by atoms with E-state index in [-0.39, 0.29) is 6.09 Å². The summed E-state index contributed by atoms with van der Waals surface area (Å²) in [5.41, 5.74) is 9.55. The number of halogens is 1. The van der Waals surface area contributed by atoms with Crippen molar-refractivity contribution in [2.45, 2.75) is 46.6 Å². The summed E-state index contributed by atoms with van der Waals surface area (Å²) in [5.74, 6) is -0.445. The lowest BCUT2D eigenvalue weighted by Gasteiger charge is -2.30. The van der Waals surface area contributed by atoms with Gasteiger partial charge < -0.3 is 15.4 Å². The fourth-order valence-electron chi connectivity index (χ4n) is 3.13. The molecule has 27 heavy (non-hydrogen) atoms. The number of nitrogens with zero attached hydrogens (tertiary/aromatic N) is 1. The van der Waals surface area contributed by atoms with Crippen molar-refractivity contribution >= 4 is 33.5 Å². The monoisotopic (exact) mass is 434 g/mol. The normalized spacial score (nSPS) is 15.4. The van der Waals surface area contributed by atoms with Crippen molar-refractivity contribution in [2.24, 2.45) is 5.73 Å². The van der Waals surface area contributed by atoms with Crippen molar-refractivity contribution < 1.29 is 14.3 Å². The van der Waals surface area contributed by atoms with Gasteiger partial charge >= 0.3 is 6.09 Å². The lowest BCUT2D eigenvalue weighted by atomic mass is 9.88. The smallest absolute Gasteiger partial charge is 0.410 e. The number of primary amides is 1. The molecule has 6 heteroatoms. The first-order valence-electron chi connectivity index (χ1n) is 8.97. The molecule has 0 fully saturated rings. The number of carbonyl (C=O) groups excluding carboxylic acids is 2. The second-order valence-electron chi connectivity index (χ2n) is 7.60. The van der Waals surface area contributed by atoms with Gasteiger partial charge in [0.05, 0.1) is 0 Å². The molecule has 146 valence electrons. The second kappa shape index (κ2) is 8.30. The predicted octanol–water partition coefficient (Wildman–Crippen LogP) is 4.83. The first-order chi connectivity index (χ1) is 12.5. The fourth-order valence-corrected chi connectivity index (χ4v) is 3.59. The molecule has 1 aliphatic rings. The van der Waals surface area contributed by atoms with Gasteiger partial charge in [0.2, 0.25) is 5.91 Å². The Labute approximate surface area is 169 Å². The van der Waals surface area contributed by atoms with E-state index >= 15 is 0 Å².